The standard InChI is InChI=1S/C13H22N4O3/c1-2-17-4-6-19-11(7-17)12-15-13(20-16-12)9-8-18-5-3-10(9)14/h9-11H,2-8,14H2,1H3. The van der Waals surface area contributed by atoms with E-state index < -0.39 is 0 Å². The third-order valence-corrected chi connectivity index (χ3v) is 4.07. The van der Waals surface area contributed by atoms with E-state index in [2.05, 4.69) is 22.0 Å². The molecule has 7 nitrogen and oxygen atoms in total. The zero-order chi connectivity index (χ0) is 13.9. The predicted molar refractivity (Wildman–Crippen MR) is 71.3 cm³/mol. The monoisotopic (exact) mass is 282 g/mol. The lowest BCUT2D eigenvalue weighted by Crippen LogP contribution is -2.38. The van der Waals surface area contributed by atoms with E-state index >= 15 is 0 Å². The van der Waals surface area contributed by atoms with Crippen LogP contribution < -0.4 is 5.73 Å². The second-order valence-electron chi connectivity index (χ2n) is 5.38. The number of aromatic nitrogens is 2. The van der Waals surface area contributed by atoms with Crippen molar-refractivity contribution in [2.24, 2.45) is 5.73 Å². The van der Waals surface area contributed by atoms with Gasteiger partial charge in [0.05, 0.1) is 19.1 Å². The van der Waals surface area contributed by atoms with Crippen LogP contribution in [0.5, 0.6) is 0 Å². The van der Waals surface area contributed by atoms with Gasteiger partial charge in [0, 0.05) is 25.7 Å². The first-order valence-electron chi connectivity index (χ1n) is 7.28. The van der Waals surface area contributed by atoms with Crippen LogP contribution in [0.3, 0.4) is 0 Å². The molecule has 2 aliphatic rings. The Kier molecular flexibility index (Phi) is 4.30. The summed E-state index contributed by atoms with van der Waals surface area (Å²) >= 11 is 0. The normalized spacial score (nSPS) is 32.4. The minimum Gasteiger partial charge on any atom is -0.381 e. The summed E-state index contributed by atoms with van der Waals surface area (Å²) in [6.45, 7) is 6.87. The molecule has 2 fully saturated rings. The summed E-state index contributed by atoms with van der Waals surface area (Å²) in [6.07, 6.45) is 0.716. The Hall–Kier alpha value is -1.02. The van der Waals surface area contributed by atoms with E-state index in [0.717, 1.165) is 26.1 Å². The average molecular weight is 282 g/mol. The van der Waals surface area contributed by atoms with E-state index in [1.165, 1.54) is 0 Å². The Balaban J connectivity index is 1.69. The van der Waals surface area contributed by atoms with Crippen LogP contribution in [0, 0.1) is 0 Å². The minimum atomic E-state index is -0.109. The number of rotatable bonds is 3. The van der Waals surface area contributed by atoms with Crippen molar-refractivity contribution in [2.75, 3.05) is 39.5 Å². The quantitative estimate of drug-likeness (QED) is 0.852. The Morgan fingerprint density at radius 2 is 2.30 bits per heavy atom. The van der Waals surface area contributed by atoms with Crippen LogP contribution in [0.4, 0.5) is 0 Å². The van der Waals surface area contributed by atoms with Crippen molar-refractivity contribution in [3.05, 3.63) is 11.7 Å². The fourth-order valence-electron chi connectivity index (χ4n) is 2.68. The summed E-state index contributed by atoms with van der Waals surface area (Å²) < 4.78 is 16.6. The molecule has 2 saturated heterocycles. The number of likely N-dealkylation sites (N-methyl/N-ethyl adjacent to an activating group) is 1. The van der Waals surface area contributed by atoms with Gasteiger partial charge in [-0.3, -0.25) is 4.90 Å². The molecule has 0 spiro atoms. The number of hydrogen-bond acceptors (Lipinski definition) is 7. The molecule has 7 heteroatoms. The summed E-state index contributed by atoms with van der Waals surface area (Å²) in [6, 6.07) is 0.0245. The molecule has 2 N–H and O–H groups in total. The summed E-state index contributed by atoms with van der Waals surface area (Å²) in [7, 11) is 0. The van der Waals surface area contributed by atoms with Crippen molar-refractivity contribution in [3.63, 3.8) is 0 Å². The molecule has 1 aromatic heterocycles. The Morgan fingerprint density at radius 3 is 3.10 bits per heavy atom. The van der Waals surface area contributed by atoms with Crippen LogP contribution in [0.2, 0.25) is 0 Å². The molecule has 3 atom stereocenters. The number of hydrogen-bond donors (Lipinski definition) is 1. The topological polar surface area (TPSA) is 86.6 Å². The molecule has 0 saturated carbocycles. The van der Waals surface area contributed by atoms with Crippen molar-refractivity contribution < 1.29 is 14.0 Å². The lowest BCUT2D eigenvalue weighted by Gasteiger charge is -2.30. The number of ether oxygens (including phenoxy) is 2. The van der Waals surface area contributed by atoms with Gasteiger partial charge in [-0.25, -0.2) is 0 Å². The van der Waals surface area contributed by atoms with Crippen molar-refractivity contribution in [3.8, 4) is 0 Å². The lowest BCUT2D eigenvalue weighted by atomic mass is 9.97. The molecule has 0 aliphatic carbocycles. The summed E-state index contributed by atoms with van der Waals surface area (Å²) in [4.78, 5) is 6.81. The van der Waals surface area contributed by atoms with Gasteiger partial charge in [-0.2, -0.15) is 4.98 Å². The summed E-state index contributed by atoms with van der Waals surface area (Å²) in [5.41, 5.74) is 6.10. The molecule has 3 unspecified atom stereocenters. The number of morpholine rings is 1. The van der Waals surface area contributed by atoms with Gasteiger partial charge in [0.2, 0.25) is 11.7 Å². The van der Waals surface area contributed by atoms with Gasteiger partial charge in [0.1, 0.15) is 6.10 Å². The smallest absolute Gasteiger partial charge is 0.233 e. The summed E-state index contributed by atoms with van der Waals surface area (Å²) in [5.74, 6) is 1.19. The van der Waals surface area contributed by atoms with E-state index in [-0.39, 0.29) is 18.1 Å². The fourth-order valence-corrected chi connectivity index (χ4v) is 2.68. The molecule has 3 rings (SSSR count). The molecule has 112 valence electrons. The maximum atomic E-state index is 6.10. The second-order valence-corrected chi connectivity index (χ2v) is 5.38. The van der Waals surface area contributed by atoms with Crippen molar-refractivity contribution in [2.45, 2.75) is 31.4 Å². The molecular weight excluding hydrogens is 260 g/mol. The van der Waals surface area contributed by atoms with Gasteiger partial charge < -0.3 is 19.7 Å². The maximum Gasteiger partial charge on any atom is 0.233 e. The third kappa shape index (κ3) is 2.85. The zero-order valence-corrected chi connectivity index (χ0v) is 11.8. The van der Waals surface area contributed by atoms with Crippen LogP contribution in [0.1, 0.15) is 37.1 Å². The van der Waals surface area contributed by atoms with Crippen LogP contribution in [0.25, 0.3) is 0 Å². The first-order valence-corrected chi connectivity index (χ1v) is 7.28. The molecule has 0 amide bonds. The summed E-state index contributed by atoms with van der Waals surface area (Å²) in [5, 5.41) is 4.07. The van der Waals surface area contributed by atoms with Gasteiger partial charge in [0.15, 0.2) is 0 Å². The van der Waals surface area contributed by atoms with Crippen LogP contribution >= 0.6 is 0 Å². The second kappa shape index (κ2) is 6.17. The van der Waals surface area contributed by atoms with Crippen molar-refractivity contribution >= 4 is 0 Å². The van der Waals surface area contributed by atoms with E-state index in [9.17, 15) is 0 Å². The largest absolute Gasteiger partial charge is 0.381 e. The molecule has 2 aliphatic heterocycles. The van der Waals surface area contributed by atoms with Gasteiger partial charge in [-0.15, -0.1) is 0 Å². The van der Waals surface area contributed by atoms with Crippen LogP contribution in [0.15, 0.2) is 4.52 Å². The van der Waals surface area contributed by atoms with E-state index in [1.54, 1.807) is 0 Å². The van der Waals surface area contributed by atoms with Crippen molar-refractivity contribution in [1.29, 1.82) is 0 Å². The third-order valence-electron chi connectivity index (χ3n) is 4.07. The first-order chi connectivity index (χ1) is 9.78. The van der Waals surface area contributed by atoms with Gasteiger partial charge in [0.25, 0.3) is 0 Å². The fraction of sp³-hybridized carbons (Fsp3) is 0.846. The number of nitrogens with zero attached hydrogens (tertiary/aromatic N) is 3. The predicted octanol–water partition coefficient (Wildman–Crippen LogP) is 0.294. The van der Waals surface area contributed by atoms with Crippen LogP contribution in [-0.4, -0.2) is 60.5 Å². The number of nitrogens with two attached hydrogens (primary N) is 1. The highest BCUT2D eigenvalue weighted by atomic mass is 16.5. The molecule has 0 bridgehead atoms. The molecule has 1 aromatic rings. The van der Waals surface area contributed by atoms with Gasteiger partial charge in [-0.1, -0.05) is 12.1 Å². The Labute approximate surface area is 118 Å². The Bertz CT molecular complexity index is 439. The average Bonchev–Trinajstić information content (AvgIpc) is 2.97. The molecular formula is C13H22N4O3. The highest BCUT2D eigenvalue weighted by Crippen LogP contribution is 2.26. The Morgan fingerprint density at radius 1 is 1.40 bits per heavy atom. The highest BCUT2D eigenvalue weighted by Gasteiger charge is 2.31. The SMILES string of the molecule is CCN1CCOC(c2noc(C3COCCC3N)n2)C1. The minimum absolute atomic E-state index is 0.00383. The molecule has 3 heterocycles. The maximum absolute atomic E-state index is 6.10. The highest BCUT2D eigenvalue weighted by molar-refractivity contribution is 5.02. The molecule has 0 radical (unpaired) electrons. The lowest BCUT2D eigenvalue weighted by molar-refractivity contribution is -0.0334. The van der Waals surface area contributed by atoms with Crippen molar-refractivity contribution in [1.82, 2.24) is 15.0 Å². The van der Waals surface area contributed by atoms with Gasteiger partial charge >= 0.3 is 0 Å². The van der Waals surface area contributed by atoms with E-state index in [1.807, 2.05) is 0 Å². The van der Waals surface area contributed by atoms with Crippen LogP contribution in [-0.2, 0) is 9.47 Å². The van der Waals surface area contributed by atoms with E-state index in [4.69, 9.17) is 19.7 Å². The van der Waals surface area contributed by atoms with E-state index in [0.29, 0.717) is 31.5 Å². The zero-order valence-electron chi connectivity index (χ0n) is 11.8. The molecule has 0 aromatic carbocycles. The first kappa shape index (κ1) is 13.9. The molecule has 20 heavy (non-hydrogen) atoms. The van der Waals surface area contributed by atoms with Gasteiger partial charge in [-0.05, 0) is 13.0 Å².